The molecule has 122 valence electrons. The zero-order valence-electron chi connectivity index (χ0n) is 13.3. The quantitative estimate of drug-likeness (QED) is 0.796. The smallest absolute Gasteiger partial charge is 0.274 e. The Balaban J connectivity index is 1.82. The Bertz CT molecular complexity index is 600. The fourth-order valence-electron chi connectivity index (χ4n) is 3.81. The number of aromatic nitrogens is 2. The van der Waals surface area contributed by atoms with Gasteiger partial charge in [-0.3, -0.25) is 14.6 Å². The zero-order chi connectivity index (χ0) is 16.3. The second-order valence-electron chi connectivity index (χ2n) is 6.29. The van der Waals surface area contributed by atoms with Crippen LogP contribution in [0.1, 0.15) is 42.6 Å². The molecule has 0 saturated carbocycles. The van der Waals surface area contributed by atoms with E-state index in [-0.39, 0.29) is 17.4 Å². The Morgan fingerprint density at radius 3 is 2.91 bits per heavy atom. The largest absolute Gasteiger partial charge is 0.335 e. The minimum atomic E-state index is -0.250. The maximum atomic E-state index is 12.7. The zero-order valence-corrected chi connectivity index (χ0v) is 13.3. The van der Waals surface area contributed by atoms with Crippen LogP contribution in [0.2, 0.25) is 0 Å². The average molecular weight is 314 g/mol. The number of amides is 2. The number of piperidine rings is 2. The third-order valence-corrected chi connectivity index (χ3v) is 4.84. The monoisotopic (exact) mass is 314 g/mol. The summed E-state index contributed by atoms with van der Waals surface area (Å²) in [4.78, 5) is 36.9. The van der Waals surface area contributed by atoms with Gasteiger partial charge in [-0.25, -0.2) is 4.98 Å². The van der Waals surface area contributed by atoms with Crippen molar-refractivity contribution in [3.63, 3.8) is 0 Å². The highest BCUT2D eigenvalue weighted by molar-refractivity contribution is 5.92. The maximum absolute atomic E-state index is 12.7. The number of carbonyl (C=O) groups excluding carboxylic acids is 2. The number of nitrogens with zero attached hydrogens (tertiary/aromatic N) is 4. The highest BCUT2D eigenvalue weighted by Gasteiger charge is 2.45. The summed E-state index contributed by atoms with van der Waals surface area (Å²) in [5, 5.41) is 0. The van der Waals surface area contributed by atoms with Crippen LogP contribution in [0.25, 0.3) is 0 Å². The highest BCUT2D eigenvalue weighted by atomic mass is 16.2. The van der Waals surface area contributed by atoms with Gasteiger partial charge in [0.15, 0.2) is 0 Å². The molecular weight excluding hydrogens is 292 g/mol. The van der Waals surface area contributed by atoms with Gasteiger partial charge < -0.3 is 9.80 Å². The summed E-state index contributed by atoms with van der Waals surface area (Å²) < 4.78 is 0. The molecule has 3 heterocycles. The summed E-state index contributed by atoms with van der Waals surface area (Å²) >= 11 is 0. The van der Waals surface area contributed by atoms with Crippen LogP contribution in [0.5, 0.6) is 0 Å². The molecule has 1 spiro atoms. The molecule has 2 aliphatic rings. The van der Waals surface area contributed by atoms with Crippen LogP contribution in [0.3, 0.4) is 0 Å². The number of rotatable bonds is 3. The molecule has 2 saturated heterocycles. The summed E-state index contributed by atoms with van der Waals surface area (Å²) in [5.74, 6) is 0.0682. The van der Waals surface area contributed by atoms with E-state index < -0.39 is 0 Å². The van der Waals surface area contributed by atoms with Crippen molar-refractivity contribution in [2.75, 3.05) is 19.6 Å². The molecule has 1 unspecified atom stereocenters. The first-order valence-electron chi connectivity index (χ1n) is 8.13. The van der Waals surface area contributed by atoms with Gasteiger partial charge in [0.25, 0.3) is 5.91 Å². The normalized spacial score (nSPS) is 24.8. The van der Waals surface area contributed by atoms with Crippen LogP contribution in [0, 0.1) is 0 Å². The van der Waals surface area contributed by atoms with Crippen molar-refractivity contribution >= 4 is 11.8 Å². The predicted molar refractivity (Wildman–Crippen MR) is 85.7 cm³/mol. The Hall–Kier alpha value is -2.24. The minimum absolute atomic E-state index is 0.103. The van der Waals surface area contributed by atoms with Gasteiger partial charge in [-0.05, 0) is 25.7 Å². The first-order chi connectivity index (χ1) is 11.2. The summed E-state index contributed by atoms with van der Waals surface area (Å²) in [7, 11) is 0. The molecule has 6 heteroatoms. The van der Waals surface area contributed by atoms with E-state index in [9.17, 15) is 9.59 Å². The van der Waals surface area contributed by atoms with Crippen LogP contribution in [0.4, 0.5) is 0 Å². The lowest BCUT2D eigenvalue weighted by molar-refractivity contribution is -0.143. The van der Waals surface area contributed by atoms with E-state index in [2.05, 4.69) is 16.5 Å². The van der Waals surface area contributed by atoms with E-state index in [4.69, 9.17) is 0 Å². The lowest BCUT2D eigenvalue weighted by Crippen LogP contribution is -2.63. The van der Waals surface area contributed by atoms with Gasteiger partial charge in [-0.2, -0.15) is 0 Å². The fraction of sp³-hybridized carbons (Fsp3) is 0.529. The molecule has 0 bridgehead atoms. The summed E-state index contributed by atoms with van der Waals surface area (Å²) in [5.41, 5.74) is 0.113. The van der Waals surface area contributed by atoms with Crippen LogP contribution in [0.15, 0.2) is 31.2 Å². The van der Waals surface area contributed by atoms with Gasteiger partial charge in [-0.15, -0.1) is 6.58 Å². The third kappa shape index (κ3) is 2.98. The molecule has 1 aromatic rings. The molecule has 0 N–H and O–H groups in total. The lowest BCUT2D eigenvalue weighted by atomic mass is 9.79. The molecule has 3 rings (SSSR count). The van der Waals surface area contributed by atoms with Crippen molar-refractivity contribution in [2.45, 2.75) is 37.6 Å². The third-order valence-electron chi connectivity index (χ3n) is 4.84. The van der Waals surface area contributed by atoms with Gasteiger partial charge in [0.05, 0.1) is 11.7 Å². The fourth-order valence-corrected chi connectivity index (χ4v) is 3.81. The predicted octanol–water partition coefficient (Wildman–Crippen LogP) is 1.65. The van der Waals surface area contributed by atoms with Crippen LogP contribution < -0.4 is 0 Å². The van der Waals surface area contributed by atoms with Crippen molar-refractivity contribution in [3.8, 4) is 0 Å². The van der Waals surface area contributed by atoms with Crippen LogP contribution in [-0.4, -0.2) is 56.8 Å². The van der Waals surface area contributed by atoms with Crippen molar-refractivity contribution < 1.29 is 9.59 Å². The SMILES string of the molecule is C=CCN1C(=O)CCCC12CCCN(C(=O)c1cnccn1)C2. The molecule has 2 amide bonds. The van der Waals surface area contributed by atoms with E-state index in [1.807, 2.05) is 9.80 Å². The minimum Gasteiger partial charge on any atom is -0.335 e. The molecule has 1 aromatic heterocycles. The van der Waals surface area contributed by atoms with Crippen LogP contribution in [-0.2, 0) is 4.79 Å². The maximum Gasteiger partial charge on any atom is 0.274 e. The van der Waals surface area contributed by atoms with Gasteiger partial charge in [0, 0.05) is 38.4 Å². The van der Waals surface area contributed by atoms with Gasteiger partial charge in [0.1, 0.15) is 5.69 Å². The molecule has 0 aliphatic carbocycles. The molecule has 0 aromatic carbocycles. The van der Waals surface area contributed by atoms with Crippen molar-refractivity contribution in [2.24, 2.45) is 0 Å². The summed E-state index contributed by atoms with van der Waals surface area (Å²) in [6, 6.07) is 0. The Kier molecular flexibility index (Phi) is 4.41. The van der Waals surface area contributed by atoms with E-state index in [1.165, 1.54) is 12.4 Å². The van der Waals surface area contributed by atoms with Gasteiger partial charge >= 0.3 is 0 Å². The summed E-state index contributed by atoms with van der Waals surface area (Å²) in [6.45, 7) is 5.60. The second kappa shape index (κ2) is 6.48. The van der Waals surface area contributed by atoms with Crippen molar-refractivity contribution in [1.29, 1.82) is 0 Å². The molecule has 0 radical (unpaired) electrons. The first-order valence-corrected chi connectivity index (χ1v) is 8.13. The highest BCUT2D eigenvalue weighted by Crippen LogP contribution is 2.36. The van der Waals surface area contributed by atoms with Crippen molar-refractivity contribution in [3.05, 3.63) is 36.9 Å². The molecule has 6 nitrogen and oxygen atoms in total. The molecule has 1 atom stereocenters. The lowest BCUT2D eigenvalue weighted by Gasteiger charge is -2.51. The topological polar surface area (TPSA) is 66.4 Å². The second-order valence-corrected chi connectivity index (χ2v) is 6.29. The Labute approximate surface area is 136 Å². The van der Waals surface area contributed by atoms with Crippen LogP contribution >= 0.6 is 0 Å². The standard InChI is InChI=1S/C17H22N4O2/c1-2-10-21-15(22)5-3-6-17(21)7-4-11-20(13-17)16(23)14-12-18-8-9-19-14/h2,8-9,12H,1,3-7,10-11,13H2. The average Bonchev–Trinajstić information content (AvgIpc) is 2.59. The van der Waals surface area contributed by atoms with Gasteiger partial charge in [0.2, 0.25) is 5.91 Å². The van der Waals surface area contributed by atoms with Crippen molar-refractivity contribution in [1.82, 2.24) is 19.8 Å². The van der Waals surface area contributed by atoms with E-state index in [1.54, 1.807) is 12.3 Å². The van der Waals surface area contributed by atoms with Gasteiger partial charge in [-0.1, -0.05) is 6.08 Å². The molecule has 2 aliphatic heterocycles. The number of likely N-dealkylation sites (tertiary alicyclic amines) is 2. The van der Waals surface area contributed by atoms with E-state index >= 15 is 0 Å². The number of carbonyl (C=O) groups is 2. The summed E-state index contributed by atoms with van der Waals surface area (Å²) in [6.07, 6.45) is 10.6. The number of hydrogen-bond donors (Lipinski definition) is 0. The molecular formula is C17H22N4O2. The Morgan fingerprint density at radius 2 is 2.17 bits per heavy atom. The van der Waals surface area contributed by atoms with E-state index in [0.29, 0.717) is 31.7 Å². The molecule has 2 fully saturated rings. The van der Waals surface area contributed by atoms with E-state index in [0.717, 1.165) is 25.7 Å². The number of hydrogen-bond acceptors (Lipinski definition) is 4. The first kappa shape index (κ1) is 15.6. The Morgan fingerprint density at radius 1 is 1.35 bits per heavy atom. The molecule has 23 heavy (non-hydrogen) atoms.